The molecule has 1 aromatic carbocycles. The first kappa shape index (κ1) is 21.8. The fraction of sp³-hybridized carbons (Fsp3) is 0.435. The molecule has 1 saturated carbocycles. The van der Waals surface area contributed by atoms with Gasteiger partial charge in [-0.2, -0.15) is 4.98 Å². The van der Waals surface area contributed by atoms with E-state index in [0.29, 0.717) is 48.0 Å². The van der Waals surface area contributed by atoms with E-state index in [1.165, 1.54) is 18.2 Å². The Morgan fingerprint density at radius 1 is 1.18 bits per heavy atom. The van der Waals surface area contributed by atoms with Gasteiger partial charge in [-0.25, -0.2) is 14.1 Å². The average molecular weight is 473 g/mol. The van der Waals surface area contributed by atoms with Gasteiger partial charge in [0, 0.05) is 49.7 Å². The Morgan fingerprint density at radius 3 is 2.67 bits per heavy atom. The second kappa shape index (κ2) is 9.05. The highest BCUT2D eigenvalue weighted by atomic mass is 35.5. The maximum Gasteiger partial charge on any atom is 0.322 e. The Hall–Kier alpha value is -3.07. The van der Waals surface area contributed by atoms with E-state index in [2.05, 4.69) is 25.3 Å². The van der Waals surface area contributed by atoms with Crippen molar-refractivity contribution in [1.29, 1.82) is 0 Å². The largest absolute Gasteiger partial charge is 0.481 e. The van der Waals surface area contributed by atoms with Gasteiger partial charge >= 0.3 is 6.01 Å². The maximum absolute atomic E-state index is 13.5. The van der Waals surface area contributed by atoms with E-state index >= 15 is 0 Å². The van der Waals surface area contributed by atoms with Gasteiger partial charge in [-0.3, -0.25) is 0 Å². The molecule has 0 amide bonds. The number of pyridine rings is 1. The number of nitrogens with zero attached hydrogens (tertiary/aromatic N) is 5. The predicted molar refractivity (Wildman–Crippen MR) is 124 cm³/mol. The number of rotatable bonds is 7. The number of halogens is 2. The first-order valence-corrected chi connectivity index (χ1v) is 11.5. The molecule has 2 aromatic heterocycles. The molecule has 2 atom stereocenters. The topological polar surface area (TPSA) is 77.3 Å². The predicted octanol–water partition coefficient (Wildman–Crippen LogP) is 4.61. The van der Waals surface area contributed by atoms with Crippen molar-refractivity contribution in [2.45, 2.75) is 32.4 Å². The van der Waals surface area contributed by atoms with Crippen LogP contribution in [0.15, 0.2) is 36.5 Å². The van der Waals surface area contributed by atoms with Crippen molar-refractivity contribution in [3.05, 3.63) is 47.4 Å². The second-order valence-electron chi connectivity index (χ2n) is 8.44. The van der Waals surface area contributed by atoms with Crippen LogP contribution in [0.4, 0.5) is 16.0 Å². The molecule has 2 unspecified atom stereocenters. The monoisotopic (exact) mass is 472 g/mol. The molecule has 1 N–H and O–H groups in total. The first-order chi connectivity index (χ1) is 16.0. The molecule has 0 spiro atoms. The highest BCUT2D eigenvalue weighted by molar-refractivity contribution is 6.30. The number of piperidine rings is 1. The lowest BCUT2D eigenvalue weighted by Gasteiger charge is -2.39. The van der Waals surface area contributed by atoms with Crippen LogP contribution in [0.1, 0.15) is 19.8 Å². The van der Waals surface area contributed by atoms with Crippen LogP contribution in [0.25, 0.3) is 0 Å². The van der Waals surface area contributed by atoms with E-state index < -0.39 is 5.82 Å². The fourth-order valence-electron chi connectivity index (χ4n) is 4.84. The van der Waals surface area contributed by atoms with E-state index in [9.17, 15) is 4.39 Å². The fourth-order valence-corrected chi connectivity index (χ4v) is 5.01. The number of benzene rings is 1. The Bertz CT molecular complexity index is 1130. The molecule has 3 heterocycles. The van der Waals surface area contributed by atoms with Gasteiger partial charge in [0.25, 0.3) is 0 Å². The van der Waals surface area contributed by atoms with E-state index in [1.54, 1.807) is 18.0 Å². The molecular formula is C23H26ClFN6O2. The third kappa shape index (κ3) is 4.42. The summed E-state index contributed by atoms with van der Waals surface area (Å²) in [5.41, 5.74) is 1.14. The number of hydrogen-bond acceptors (Lipinski definition) is 7. The van der Waals surface area contributed by atoms with Crippen LogP contribution in [0.3, 0.4) is 0 Å². The van der Waals surface area contributed by atoms with E-state index in [-0.39, 0.29) is 5.02 Å². The standard InChI is InChI=1S/C23H26ClFN6O2/c1-3-31-23(33-17-6-7-19(25)18(24)11-17)28-22(29-31)27-21-14-4-5-15(21)13-30(12-14)16-8-9-26-20(10-16)32-2/h6-11,14-15,21H,3-5,12-13H2,1-2H3,(H,27,29). The Balaban J connectivity index is 1.29. The highest BCUT2D eigenvalue weighted by Gasteiger charge is 2.42. The second-order valence-corrected chi connectivity index (χ2v) is 8.85. The van der Waals surface area contributed by atoms with Crippen LogP contribution < -0.4 is 19.7 Å². The van der Waals surface area contributed by atoms with Gasteiger partial charge in [-0.05, 0) is 49.8 Å². The molecule has 174 valence electrons. The minimum Gasteiger partial charge on any atom is -0.481 e. The Labute approximate surface area is 196 Å². The van der Waals surface area contributed by atoms with Gasteiger partial charge in [0.15, 0.2) is 0 Å². The number of ether oxygens (including phenoxy) is 2. The molecule has 1 saturated heterocycles. The molecule has 2 fully saturated rings. The van der Waals surface area contributed by atoms with Gasteiger partial charge in [0.2, 0.25) is 11.8 Å². The van der Waals surface area contributed by atoms with Crippen LogP contribution in [-0.2, 0) is 6.54 Å². The lowest BCUT2D eigenvalue weighted by Crippen LogP contribution is -2.48. The van der Waals surface area contributed by atoms with Crippen molar-refractivity contribution in [2.24, 2.45) is 11.8 Å². The minimum absolute atomic E-state index is 0.00330. The molecule has 3 aromatic rings. The molecule has 33 heavy (non-hydrogen) atoms. The third-order valence-electron chi connectivity index (χ3n) is 6.46. The number of hydrogen-bond donors (Lipinski definition) is 1. The van der Waals surface area contributed by atoms with Gasteiger partial charge in [-0.15, -0.1) is 5.10 Å². The summed E-state index contributed by atoms with van der Waals surface area (Å²) >= 11 is 5.88. The normalized spacial score (nSPS) is 21.8. The summed E-state index contributed by atoms with van der Waals surface area (Å²) in [6.07, 6.45) is 4.11. The maximum atomic E-state index is 13.5. The lowest BCUT2D eigenvalue weighted by atomic mass is 9.92. The number of aryl methyl sites for hydroxylation is 1. The summed E-state index contributed by atoms with van der Waals surface area (Å²) in [6, 6.07) is 8.89. The number of anilines is 2. The molecular weight excluding hydrogens is 447 g/mol. The summed E-state index contributed by atoms with van der Waals surface area (Å²) in [7, 11) is 1.64. The number of fused-ring (bicyclic) bond motifs is 2. The van der Waals surface area contributed by atoms with Crippen molar-refractivity contribution < 1.29 is 13.9 Å². The molecule has 1 aliphatic heterocycles. The smallest absolute Gasteiger partial charge is 0.322 e. The zero-order valence-corrected chi connectivity index (χ0v) is 19.3. The van der Waals surface area contributed by atoms with Crippen molar-refractivity contribution >= 4 is 23.2 Å². The molecule has 2 aliphatic rings. The molecule has 5 rings (SSSR count). The van der Waals surface area contributed by atoms with Crippen LogP contribution in [0.5, 0.6) is 17.6 Å². The van der Waals surface area contributed by atoms with Crippen LogP contribution >= 0.6 is 11.6 Å². The molecule has 0 radical (unpaired) electrons. The summed E-state index contributed by atoms with van der Waals surface area (Å²) in [6.45, 7) is 4.46. The van der Waals surface area contributed by atoms with Crippen molar-refractivity contribution in [3.63, 3.8) is 0 Å². The summed E-state index contributed by atoms with van der Waals surface area (Å²) < 4.78 is 26.3. The SMILES string of the molecule is CCn1nc(NC2C3CCC2CN(c2ccnc(OC)c2)C3)nc1Oc1ccc(F)c(Cl)c1. The first-order valence-electron chi connectivity index (χ1n) is 11.1. The summed E-state index contributed by atoms with van der Waals surface area (Å²) in [5.74, 6) is 2.06. The van der Waals surface area contributed by atoms with Crippen molar-refractivity contribution in [2.75, 3.05) is 30.4 Å². The quantitative estimate of drug-likeness (QED) is 0.537. The number of methoxy groups -OCH3 is 1. The van der Waals surface area contributed by atoms with E-state index in [0.717, 1.165) is 31.6 Å². The zero-order chi connectivity index (χ0) is 22.9. The van der Waals surface area contributed by atoms with Crippen molar-refractivity contribution in [1.82, 2.24) is 19.7 Å². The van der Waals surface area contributed by atoms with E-state index in [4.69, 9.17) is 21.1 Å². The molecule has 8 nitrogen and oxygen atoms in total. The Morgan fingerprint density at radius 2 is 1.97 bits per heavy atom. The third-order valence-corrected chi connectivity index (χ3v) is 6.75. The van der Waals surface area contributed by atoms with Crippen LogP contribution in [0, 0.1) is 17.7 Å². The number of aromatic nitrogens is 4. The lowest BCUT2D eigenvalue weighted by molar-refractivity contribution is 0.374. The van der Waals surface area contributed by atoms with Gasteiger partial charge < -0.3 is 19.7 Å². The Kier molecular flexibility index (Phi) is 5.97. The minimum atomic E-state index is -0.490. The van der Waals surface area contributed by atoms with Crippen LogP contribution in [0.2, 0.25) is 5.02 Å². The van der Waals surface area contributed by atoms with Gasteiger partial charge in [-0.1, -0.05) is 11.6 Å². The van der Waals surface area contributed by atoms with Gasteiger partial charge in [0.1, 0.15) is 11.6 Å². The van der Waals surface area contributed by atoms with Gasteiger partial charge in [0.05, 0.1) is 12.1 Å². The molecule has 1 aliphatic carbocycles. The zero-order valence-electron chi connectivity index (χ0n) is 18.5. The molecule has 10 heteroatoms. The highest BCUT2D eigenvalue weighted by Crippen LogP contribution is 2.40. The van der Waals surface area contributed by atoms with Crippen LogP contribution in [-0.4, -0.2) is 46.0 Å². The van der Waals surface area contributed by atoms with Crippen molar-refractivity contribution in [3.8, 4) is 17.6 Å². The molecule has 2 bridgehead atoms. The average Bonchev–Trinajstić information content (AvgIpc) is 3.31. The summed E-state index contributed by atoms with van der Waals surface area (Å²) in [4.78, 5) is 11.2. The summed E-state index contributed by atoms with van der Waals surface area (Å²) in [5, 5.41) is 8.15. The number of nitrogens with one attached hydrogen (secondary N) is 1. The van der Waals surface area contributed by atoms with E-state index in [1.807, 2.05) is 19.1 Å².